The molecule has 2 atom stereocenters. The van der Waals surface area contributed by atoms with Gasteiger partial charge in [-0.3, -0.25) is 14.9 Å². The van der Waals surface area contributed by atoms with Crippen LogP contribution < -0.4 is 5.32 Å². The number of hydrogen-bond acceptors (Lipinski definition) is 4. The van der Waals surface area contributed by atoms with Crippen LogP contribution in [0, 0.1) is 0 Å². The van der Waals surface area contributed by atoms with Crippen LogP contribution in [0.2, 0.25) is 0 Å². The average molecular weight is 359 g/mol. The molecule has 0 aliphatic carbocycles. The topological polar surface area (TPSA) is 90.0 Å². The number of likely N-dealkylation sites (tertiary alicyclic amines) is 1. The number of carbonyl (C=O) groups is 3. The highest BCUT2D eigenvalue weighted by Gasteiger charge is 2.34. The number of aliphatic hydroxyl groups is 1. The molecule has 2 heterocycles. The fourth-order valence-corrected chi connectivity index (χ4v) is 3.69. The average Bonchev–Trinajstić information content (AvgIpc) is 3.25. The Kier molecular flexibility index (Phi) is 5.88. The molecule has 0 spiro atoms. The molecule has 1 aromatic rings. The minimum atomic E-state index is -0.665. The van der Waals surface area contributed by atoms with Gasteiger partial charge in [-0.25, -0.2) is 4.79 Å². The van der Waals surface area contributed by atoms with Gasteiger partial charge in [0.1, 0.15) is 6.54 Å². The summed E-state index contributed by atoms with van der Waals surface area (Å²) in [5.74, 6) is -0.231. The predicted molar refractivity (Wildman–Crippen MR) is 95.1 cm³/mol. The summed E-state index contributed by atoms with van der Waals surface area (Å²) in [6.45, 7) is 1.25. The summed E-state index contributed by atoms with van der Waals surface area (Å²) in [5.41, 5.74) is 0.835. The fraction of sp³-hybridized carbons (Fsp3) is 0.526. The Morgan fingerprint density at radius 3 is 2.69 bits per heavy atom. The van der Waals surface area contributed by atoms with Crippen molar-refractivity contribution < 1.29 is 19.5 Å². The molecule has 1 unspecified atom stereocenters. The first-order valence-corrected chi connectivity index (χ1v) is 9.17. The summed E-state index contributed by atoms with van der Waals surface area (Å²) < 4.78 is 0. The molecule has 2 aliphatic rings. The number of carbonyl (C=O) groups excluding carboxylic acids is 3. The molecule has 2 fully saturated rings. The van der Waals surface area contributed by atoms with Crippen molar-refractivity contribution in [3.05, 3.63) is 35.9 Å². The molecule has 1 aromatic carbocycles. The third-order valence-electron chi connectivity index (χ3n) is 5.06. The van der Waals surface area contributed by atoms with E-state index in [0.29, 0.717) is 32.4 Å². The van der Waals surface area contributed by atoms with Gasteiger partial charge in [0.2, 0.25) is 11.8 Å². The van der Waals surface area contributed by atoms with E-state index >= 15 is 0 Å². The van der Waals surface area contributed by atoms with Gasteiger partial charge in [-0.15, -0.1) is 0 Å². The molecule has 3 rings (SSSR count). The van der Waals surface area contributed by atoms with Gasteiger partial charge in [-0.05, 0) is 31.2 Å². The van der Waals surface area contributed by atoms with E-state index in [1.54, 1.807) is 4.90 Å². The summed E-state index contributed by atoms with van der Waals surface area (Å²) in [6, 6.07) is 8.92. The van der Waals surface area contributed by atoms with Crippen LogP contribution in [0.5, 0.6) is 0 Å². The van der Waals surface area contributed by atoms with Crippen molar-refractivity contribution in [2.24, 2.45) is 0 Å². The van der Waals surface area contributed by atoms with Crippen molar-refractivity contribution in [1.29, 1.82) is 0 Å². The molecule has 4 amide bonds. The monoisotopic (exact) mass is 359 g/mol. The maximum Gasteiger partial charge on any atom is 0.324 e. The largest absolute Gasteiger partial charge is 0.386 e. The van der Waals surface area contributed by atoms with Crippen LogP contribution in [0.15, 0.2) is 30.3 Å². The van der Waals surface area contributed by atoms with E-state index in [4.69, 9.17) is 0 Å². The maximum atomic E-state index is 12.6. The summed E-state index contributed by atoms with van der Waals surface area (Å²) in [5, 5.41) is 12.9. The van der Waals surface area contributed by atoms with Crippen molar-refractivity contribution in [3.63, 3.8) is 0 Å². The SMILES string of the molecule is O=C1CN(CCCCC(=O)N2CCCC2[C@H](O)c2ccccc2)C(=O)N1. The number of benzene rings is 1. The van der Waals surface area contributed by atoms with Crippen LogP contribution in [0.3, 0.4) is 0 Å². The molecule has 0 saturated carbocycles. The summed E-state index contributed by atoms with van der Waals surface area (Å²) >= 11 is 0. The van der Waals surface area contributed by atoms with Crippen LogP contribution in [0.1, 0.15) is 43.8 Å². The van der Waals surface area contributed by atoms with E-state index < -0.39 is 6.10 Å². The Morgan fingerprint density at radius 1 is 1.23 bits per heavy atom. The van der Waals surface area contributed by atoms with Gasteiger partial charge in [0.05, 0.1) is 12.1 Å². The Balaban J connectivity index is 1.46. The first kappa shape index (κ1) is 18.4. The van der Waals surface area contributed by atoms with E-state index in [2.05, 4.69) is 5.32 Å². The van der Waals surface area contributed by atoms with Crippen LogP contribution >= 0.6 is 0 Å². The van der Waals surface area contributed by atoms with Gasteiger partial charge < -0.3 is 14.9 Å². The number of imide groups is 1. The Hall–Kier alpha value is -2.41. The van der Waals surface area contributed by atoms with Crippen molar-refractivity contribution in [1.82, 2.24) is 15.1 Å². The van der Waals surface area contributed by atoms with Gasteiger partial charge in [0.15, 0.2) is 0 Å². The number of unbranched alkanes of at least 4 members (excludes halogenated alkanes) is 1. The zero-order valence-corrected chi connectivity index (χ0v) is 14.8. The molecule has 2 N–H and O–H groups in total. The van der Waals surface area contributed by atoms with Crippen molar-refractivity contribution in [2.75, 3.05) is 19.6 Å². The summed E-state index contributed by atoms with van der Waals surface area (Å²) in [6.07, 6.45) is 2.76. The fourth-order valence-electron chi connectivity index (χ4n) is 3.69. The van der Waals surface area contributed by atoms with Crippen LogP contribution in [-0.4, -0.2) is 58.4 Å². The first-order chi connectivity index (χ1) is 12.6. The van der Waals surface area contributed by atoms with Crippen molar-refractivity contribution in [2.45, 2.75) is 44.2 Å². The molecule has 140 valence electrons. The second-order valence-electron chi connectivity index (χ2n) is 6.88. The number of urea groups is 1. The minimum Gasteiger partial charge on any atom is -0.386 e. The number of rotatable bonds is 7. The second kappa shape index (κ2) is 8.31. The van der Waals surface area contributed by atoms with Gasteiger partial charge in [-0.1, -0.05) is 30.3 Å². The number of aliphatic hydroxyl groups excluding tert-OH is 1. The molecular weight excluding hydrogens is 334 g/mol. The predicted octanol–water partition coefficient (Wildman–Crippen LogP) is 1.43. The van der Waals surface area contributed by atoms with Crippen molar-refractivity contribution >= 4 is 17.8 Å². The van der Waals surface area contributed by atoms with Gasteiger partial charge in [0.25, 0.3) is 0 Å². The third-order valence-corrected chi connectivity index (χ3v) is 5.06. The molecular formula is C19H25N3O4. The maximum absolute atomic E-state index is 12.6. The number of hydrogen-bond donors (Lipinski definition) is 2. The zero-order chi connectivity index (χ0) is 18.5. The highest BCUT2D eigenvalue weighted by molar-refractivity contribution is 6.01. The number of nitrogens with zero attached hydrogens (tertiary/aromatic N) is 2. The van der Waals surface area contributed by atoms with E-state index in [1.165, 1.54) is 4.90 Å². The lowest BCUT2D eigenvalue weighted by Gasteiger charge is -2.29. The number of amides is 4. The Bertz CT molecular complexity index is 664. The van der Waals surface area contributed by atoms with Crippen LogP contribution in [0.4, 0.5) is 4.79 Å². The highest BCUT2D eigenvalue weighted by atomic mass is 16.3. The van der Waals surface area contributed by atoms with Gasteiger partial charge in [-0.2, -0.15) is 0 Å². The standard InChI is InChI=1S/C19H25N3O4/c23-16-13-21(19(26)20-16)11-5-4-10-17(24)22-12-6-9-15(22)18(25)14-7-2-1-3-8-14/h1-3,7-8,15,18,25H,4-6,9-13H2,(H,20,23,26)/t15?,18-/m1/s1. The zero-order valence-electron chi connectivity index (χ0n) is 14.8. The molecule has 26 heavy (non-hydrogen) atoms. The second-order valence-corrected chi connectivity index (χ2v) is 6.88. The van der Waals surface area contributed by atoms with E-state index in [0.717, 1.165) is 18.4 Å². The normalized spacial score (nSPS) is 21.2. The number of nitrogens with one attached hydrogen (secondary N) is 1. The smallest absolute Gasteiger partial charge is 0.324 e. The summed E-state index contributed by atoms with van der Waals surface area (Å²) in [7, 11) is 0. The minimum absolute atomic E-state index is 0.0458. The lowest BCUT2D eigenvalue weighted by Crippen LogP contribution is -2.39. The third kappa shape index (κ3) is 4.22. The van der Waals surface area contributed by atoms with Gasteiger partial charge in [0, 0.05) is 19.5 Å². The molecule has 0 radical (unpaired) electrons. The quantitative estimate of drug-likeness (QED) is 0.569. The molecule has 2 saturated heterocycles. The van der Waals surface area contributed by atoms with Crippen molar-refractivity contribution in [3.8, 4) is 0 Å². The lowest BCUT2D eigenvalue weighted by atomic mass is 10.00. The van der Waals surface area contributed by atoms with Crippen LogP contribution in [0.25, 0.3) is 0 Å². The highest BCUT2D eigenvalue weighted by Crippen LogP contribution is 2.30. The van der Waals surface area contributed by atoms with Crippen LogP contribution in [-0.2, 0) is 9.59 Å². The van der Waals surface area contributed by atoms with Gasteiger partial charge >= 0.3 is 6.03 Å². The van der Waals surface area contributed by atoms with E-state index in [1.807, 2.05) is 30.3 Å². The molecule has 7 nitrogen and oxygen atoms in total. The Labute approximate surface area is 153 Å². The molecule has 0 aromatic heterocycles. The molecule has 2 aliphatic heterocycles. The lowest BCUT2D eigenvalue weighted by molar-refractivity contribution is -0.134. The molecule has 7 heteroatoms. The summed E-state index contributed by atoms with van der Waals surface area (Å²) in [4.78, 5) is 38.4. The molecule has 0 bridgehead atoms. The van der Waals surface area contributed by atoms with E-state index in [9.17, 15) is 19.5 Å². The Morgan fingerprint density at radius 2 is 2.00 bits per heavy atom. The van der Waals surface area contributed by atoms with E-state index in [-0.39, 0.29) is 30.4 Å². The first-order valence-electron chi connectivity index (χ1n) is 9.17.